The Kier molecular flexibility index (Phi) is 4.35. The predicted octanol–water partition coefficient (Wildman–Crippen LogP) is 0.799. The third-order valence-electron chi connectivity index (χ3n) is 3.15. The average Bonchev–Trinajstić information content (AvgIpc) is 3.08. The van der Waals surface area contributed by atoms with Gasteiger partial charge in [-0.25, -0.2) is 0 Å². The second kappa shape index (κ2) is 5.77. The zero-order valence-electron chi connectivity index (χ0n) is 9.25. The quantitative estimate of drug-likeness (QED) is 0.711. The van der Waals surface area contributed by atoms with Gasteiger partial charge in [0.05, 0.1) is 19.9 Å². The molecule has 4 heteroatoms. The Morgan fingerprint density at radius 1 is 1.40 bits per heavy atom. The first-order chi connectivity index (χ1) is 7.40. The fourth-order valence-corrected chi connectivity index (χ4v) is 2.02. The van der Waals surface area contributed by atoms with Crippen molar-refractivity contribution in [3.8, 4) is 0 Å². The van der Waals surface area contributed by atoms with Crippen LogP contribution in [0, 0.1) is 0 Å². The van der Waals surface area contributed by atoms with Crippen molar-refractivity contribution in [2.45, 2.75) is 31.3 Å². The van der Waals surface area contributed by atoms with Crippen LogP contribution in [0.25, 0.3) is 0 Å². The van der Waals surface area contributed by atoms with Gasteiger partial charge in [0.2, 0.25) is 0 Å². The molecule has 88 valence electrons. The Hall–Kier alpha value is -0.190. The van der Waals surface area contributed by atoms with Crippen molar-refractivity contribution in [2.24, 2.45) is 0 Å². The summed E-state index contributed by atoms with van der Waals surface area (Å²) in [5, 5.41) is 3.52. The van der Waals surface area contributed by atoms with E-state index in [2.05, 4.69) is 10.2 Å². The molecule has 0 spiro atoms. The number of nitrogens with zero attached hydrogens (tertiary/aromatic N) is 1. The summed E-state index contributed by atoms with van der Waals surface area (Å²) in [4.78, 5) is 2.36. The van der Waals surface area contributed by atoms with Gasteiger partial charge < -0.3 is 10.1 Å². The van der Waals surface area contributed by atoms with Gasteiger partial charge in [-0.2, -0.15) is 0 Å². The molecule has 0 bridgehead atoms. The summed E-state index contributed by atoms with van der Waals surface area (Å²) >= 11 is 0. The monoisotopic (exact) mass is 216 g/mol. The van der Waals surface area contributed by atoms with Crippen LogP contribution in [-0.2, 0) is 4.74 Å². The highest BCUT2D eigenvalue weighted by Crippen LogP contribution is 2.19. The van der Waals surface area contributed by atoms with Gasteiger partial charge in [-0.1, -0.05) is 0 Å². The minimum Gasteiger partial charge on any atom is -0.378 e. The van der Waals surface area contributed by atoms with Crippen LogP contribution < -0.4 is 5.32 Å². The largest absolute Gasteiger partial charge is 0.378 e. The van der Waals surface area contributed by atoms with Crippen LogP contribution in [0.4, 0.5) is 4.39 Å². The third kappa shape index (κ3) is 3.70. The lowest BCUT2D eigenvalue weighted by Crippen LogP contribution is -2.51. The molecule has 1 atom stereocenters. The van der Waals surface area contributed by atoms with E-state index < -0.39 is 0 Å². The van der Waals surface area contributed by atoms with Crippen molar-refractivity contribution in [3.63, 3.8) is 0 Å². The molecule has 1 heterocycles. The van der Waals surface area contributed by atoms with E-state index in [0.29, 0.717) is 12.5 Å². The van der Waals surface area contributed by atoms with E-state index >= 15 is 0 Å². The number of nitrogens with one attached hydrogen (secondary N) is 1. The van der Waals surface area contributed by atoms with Gasteiger partial charge in [0.15, 0.2) is 0 Å². The summed E-state index contributed by atoms with van der Waals surface area (Å²) in [6, 6.07) is 1.20. The van der Waals surface area contributed by atoms with Crippen LogP contribution >= 0.6 is 0 Å². The predicted molar refractivity (Wildman–Crippen MR) is 57.8 cm³/mol. The highest BCUT2D eigenvalue weighted by molar-refractivity contribution is 4.85. The molecule has 15 heavy (non-hydrogen) atoms. The number of morpholine rings is 1. The maximum absolute atomic E-state index is 12.1. The lowest BCUT2D eigenvalue weighted by Gasteiger charge is -2.35. The highest BCUT2D eigenvalue weighted by Gasteiger charge is 2.26. The molecule has 2 fully saturated rings. The standard InChI is InChI=1S/C11H21FN2O/c12-4-1-5-14-6-7-15-9-11(14)8-13-10-2-3-10/h10-11,13H,1-9H2. The van der Waals surface area contributed by atoms with E-state index in [0.717, 1.165) is 38.9 Å². The summed E-state index contributed by atoms with van der Waals surface area (Å²) in [6.07, 6.45) is 3.29. The zero-order chi connectivity index (χ0) is 10.5. The van der Waals surface area contributed by atoms with Crippen molar-refractivity contribution in [1.82, 2.24) is 10.2 Å². The van der Waals surface area contributed by atoms with Gasteiger partial charge in [0.1, 0.15) is 0 Å². The van der Waals surface area contributed by atoms with Crippen LogP contribution in [0.2, 0.25) is 0 Å². The molecule has 2 aliphatic rings. The molecule has 0 radical (unpaired) electrons. The molecule has 0 amide bonds. The molecule has 0 aromatic heterocycles. The first-order valence-electron chi connectivity index (χ1n) is 6.01. The zero-order valence-corrected chi connectivity index (χ0v) is 9.25. The lowest BCUT2D eigenvalue weighted by molar-refractivity contribution is -0.00790. The molecular formula is C11H21FN2O. The molecule has 3 nitrogen and oxygen atoms in total. The third-order valence-corrected chi connectivity index (χ3v) is 3.15. The van der Waals surface area contributed by atoms with E-state index in [4.69, 9.17) is 4.74 Å². The van der Waals surface area contributed by atoms with Crippen LogP contribution in [-0.4, -0.2) is 56.5 Å². The van der Waals surface area contributed by atoms with Crippen molar-refractivity contribution < 1.29 is 9.13 Å². The van der Waals surface area contributed by atoms with E-state index in [1.54, 1.807) is 0 Å². The van der Waals surface area contributed by atoms with Crippen LogP contribution in [0.3, 0.4) is 0 Å². The summed E-state index contributed by atoms with van der Waals surface area (Å²) in [5.74, 6) is 0. The Balaban J connectivity index is 1.70. The maximum Gasteiger partial charge on any atom is 0.0906 e. The molecule has 1 unspecified atom stereocenters. The van der Waals surface area contributed by atoms with Gasteiger partial charge in [-0.15, -0.1) is 0 Å². The Morgan fingerprint density at radius 3 is 3.00 bits per heavy atom. The van der Waals surface area contributed by atoms with Gasteiger partial charge in [-0.3, -0.25) is 9.29 Å². The Bertz CT molecular complexity index is 187. The van der Waals surface area contributed by atoms with Gasteiger partial charge in [0, 0.05) is 31.7 Å². The molecule has 1 N–H and O–H groups in total. The smallest absolute Gasteiger partial charge is 0.0906 e. The van der Waals surface area contributed by atoms with Crippen molar-refractivity contribution in [1.29, 1.82) is 0 Å². The van der Waals surface area contributed by atoms with Gasteiger partial charge >= 0.3 is 0 Å². The Labute approximate surface area is 91.0 Å². The van der Waals surface area contributed by atoms with Crippen molar-refractivity contribution >= 4 is 0 Å². The second-order valence-corrected chi connectivity index (χ2v) is 4.49. The van der Waals surface area contributed by atoms with Crippen LogP contribution in [0.15, 0.2) is 0 Å². The van der Waals surface area contributed by atoms with Gasteiger partial charge in [0.25, 0.3) is 0 Å². The molecule has 2 rings (SSSR count). The number of rotatable bonds is 6. The van der Waals surface area contributed by atoms with Crippen LogP contribution in [0.5, 0.6) is 0 Å². The molecular weight excluding hydrogens is 195 g/mol. The van der Waals surface area contributed by atoms with Crippen LogP contribution in [0.1, 0.15) is 19.3 Å². The number of halogens is 1. The molecule has 1 aliphatic heterocycles. The normalized spacial score (nSPS) is 28.2. The number of hydrogen-bond donors (Lipinski definition) is 1. The number of ether oxygens (including phenoxy) is 1. The minimum absolute atomic E-state index is 0.208. The Morgan fingerprint density at radius 2 is 2.27 bits per heavy atom. The van der Waals surface area contributed by atoms with Gasteiger partial charge in [-0.05, 0) is 19.3 Å². The first kappa shape index (κ1) is 11.3. The SMILES string of the molecule is FCCCN1CCOCC1CNC1CC1. The highest BCUT2D eigenvalue weighted by atomic mass is 19.1. The molecule has 1 aliphatic carbocycles. The van der Waals surface area contributed by atoms with E-state index in [9.17, 15) is 4.39 Å². The molecule has 1 saturated heterocycles. The fourth-order valence-electron chi connectivity index (χ4n) is 2.02. The van der Waals surface area contributed by atoms with Crippen molar-refractivity contribution in [3.05, 3.63) is 0 Å². The lowest BCUT2D eigenvalue weighted by atomic mass is 10.2. The minimum atomic E-state index is -0.208. The topological polar surface area (TPSA) is 24.5 Å². The molecule has 1 saturated carbocycles. The van der Waals surface area contributed by atoms with E-state index in [1.165, 1.54) is 12.8 Å². The average molecular weight is 216 g/mol. The first-order valence-corrected chi connectivity index (χ1v) is 6.01. The molecule has 0 aromatic carbocycles. The van der Waals surface area contributed by atoms with E-state index in [1.807, 2.05) is 0 Å². The maximum atomic E-state index is 12.1. The number of hydrogen-bond acceptors (Lipinski definition) is 3. The molecule has 0 aromatic rings. The fraction of sp³-hybridized carbons (Fsp3) is 1.00. The van der Waals surface area contributed by atoms with E-state index in [-0.39, 0.29) is 6.67 Å². The number of alkyl halides is 1. The summed E-state index contributed by atoms with van der Waals surface area (Å²) in [6.45, 7) is 4.21. The summed E-state index contributed by atoms with van der Waals surface area (Å²) in [7, 11) is 0. The summed E-state index contributed by atoms with van der Waals surface area (Å²) < 4.78 is 17.6. The van der Waals surface area contributed by atoms with Crippen molar-refractivity contribution in [2.75, 3.05) is 39.5 Å². The second-order valence-electron chi connectivity index (χ2n) is 4.49. The summed E-state index contributed by atoms with van der Waals surface area (Å²) in [5.41, 5.74) is 0.